The Morgan fingerprint density at radius 3 is 2.80 bits per heavy atom. The second-order valence-corrected chi connectivity index (χ2v) is 4.88. The standard InChI is InChI=1S/C10H18N4O/c1-10(2)6-4-3-5-7(10)12-9-14-13-8(11)15-9/h7H,3-6H2,1-2H3,(H2,11,13)(H,12,14). The van der Waals surface area contributed by atoms with Crippen LogP contribution in [0.25, 0.3) is 0 Å². The maximum Gasteiger partial charge on any atom is 0.317 e. The van der Waals surface area contributed by atoms with Crippen LogP contribution in [0.4, 0.5) is 12.0 Å². The van der Waals surface area contributed by atoms with Crippen LogP contribution in [0, 0.1) is 5.41 Å². The molecule has 1 unspecified atom stereocenters. The van der Waals surface area contributed by atoms with E-state index in [1.807, 2.05) is 0 Å². The van der Waals surface area contributed by atoms with Crippen LogP contribution < -0.4 is 11.1 Å². The minimum absolute atomic E-state index is 0.117. The van der Waals surface area contributed by atoms with Gasteiger partial charge in [0.1, 0.15) is 0 Å². The van der Waals surface area contributed by atoms with Crippen LogP contribution in [-0.2, 0) is 0 Å². The largest absolute Gasteiger partial charge is 0.390 e. The van der Waals surface area contributed by atoms with E-state index >= 15 is 0 Å². The normalized spacial score (nSPS) is 25.1. The Morgan fingerprint density at radius 2 is 2.20 bits per heavy atom. The van der Waals surface area contributed by atoms with Crippen molar-refractivity contribution in [3.8, 4) is 0 Å². The molecule has 1 atom stereocenters. The van der Waals surface area contributed by atoms with Crippen molar-refractivity contribution in [2.45, 2.75) is 45.6 Å². The van der Waals surface area contributed by atoms with Gasteiger partial charge in [-0.25, -0.2) is 0 Å². The molecule has 1 fully saturated rings. The highest BCUT2D eigenvalue weighted by atomic mass is 16.4. The molecule has 15 heavy (non-hydrogen) atoms. The summed E-state index contributed by atoms with van der Waals surface area (Å²) in [4.78, 5) is 0. The lowest BCUT2D eigenvalue weighted by atomic mass is 9.73. The van der Waals surface area contributed by atoms with Gasteiger partial charge in [0.05, 0.1) is 0 Å². The number of aromatic nitrogens is 2. The van der Waals surface area contributed by atoms with E-state index in [1.165, 1.54) is 19.3 Å². The summed E-state index contributed by atoms with van der Waals surface area (Å²) in [7, 11) is 0. The number of hydrogen-bond donors (Lipinski definition) is 2. The first-order valence-electron chi connectivity index (χ1n) is 5.43. The Kier molecular flexibility index (Phi) is 2.54. The molecular weight excluding hydrogens is 192 g/mol. The number of rotatable bonds is 2. The molecule has 1 saturated carbocycles. The Morgan fingerprint density at radius 1 is 1.40 bits per heavy atom. The van der Waals surface area contributed by atoms with E-state index in [0.717, 1.165) is 6.42 Å². The molecule has 84 valence electrons. The van der Waals surface area contributed by atoms with Crippen LogP contribution >= 0.6 is 0 Å². The lowest BCUT2D eigenvalue weighted by molar-refractivity contribution is 0.214. The van der Waals surface area contributed by atoms with Crippen molar-refractivity contribution in [3.05, 3.63) is 0 Å². The SMILES string of the molecule is CC1(C)CCCCC1Nc1nnc(N)o1. The highest BCUT2D eigenvalue weighted by molar-refractivity contribution is 5.25. The fraction of sp³-hybridized carbons (Fsp3) is 0.800. The van der Waals surface area contributed by atoms with Gasteiger partial charge in [0.2, 0.25) is 0 Å². The first kappa shape index (κ1) is 10.3. The fourth-order valence-corrected chi connectivity index (χ4v) is 2.20. The third kappa shape index (κ3) is 2.22. The van der Waals surface area contributed by atoms with Gasteiger partial charge < -0.3 is 15.5 Å². The van der Waals surface area contributed by atoms with Crippen LogP contribution in [0.3, 0.4) is 0 Å². The van der Waals surface area contributed by atoms with Gasteiger partial charge in [-0.15, -0.1) is 0 Å². The monoisotopic (exact) mass is 210 g/mol. The lowest BCUT2D eigenvalue weighted by Crippen LogP contribution is -2.39. The van der Waals surface area contributed by atoms with Crippen molar-refractivity contribution in [3.63, 3.8) is 0 Å². The molecule has 1 aliphatic carbocycles. The Hall–Kier alpha value is -1.26. The van der Waals surface area contributed by atoms with E-state index in [1.54, 1.807) is 0 Å². The first-order chi connectivity index (χ1) is 7.08. The first-order valence-corrected chi connectivity index (χ1v) is 5.43. The summed E-state index contributed by atoms with van der Waals surface area (Å²) < 4.78 is 5.12. The predicted molar refractivity (Wildman–Crippen MR) is 58.4 cm³/mol. The van der Waals surface area contributed by atoms with E-state index in [9.17, 15) is 0 Å². The summed E-state index contributed by atoms with van der Waals surface area (Å²) in [5.41, 5.74) is 5.65. The van der Waals surface area contributed by atoms with Gasteiger partial charge in [0.25, 0.3) is 0 Å². The Labute approximate surface area is 89.4 Å². The molecule has 0 aromatic carbocycles. The molecule has 0 amide bonds. The van der Waals surface area contributed by atoms with E-state index in [4.69, 9.17) is 10.2 Å². The molecule has 1 aliphatic rings. The zero-order valence-electron chi connectivity index (χ0n) is 9.29. The number of anilines is 2. The van der Waals surface area contributed by atoms with Gasteiger partial charge in [0.15, 0.2) is 0 Å². The fourth-order valence-electron chi connectivity index (χ4n) is 2.20. The molecule has 2 rings (SSSR count). The summed E-state index contributed by atoms with van der Waals surface area (Å²) in [6.07, 6.45) is 4.94. The second kappa shape index (κ2) is 3.72. The van der Waals surface area contributed by atoms with Gasteiger partial charge in [-0.1, -0.05) is 36.9 Å². The molecular formula is C10H18N4O. The Bertz CT molecular complexity index is 334. The van der Waals surface area contributed by atoms with Gasteiger partial charge in [-0.05, 0) is 18.3 Å². The molecule has 1 aromatic rings. The molecule has 5 heteroatoms. The number of nitrogen functional groups attached to an aromatic ring is 1. The van der Waals surface area contributed by atoms with Gasteiger partial charge in [-0.2, -0.15) is 0 Å². The molecule has 0 aliphatic heterocycles. The molecule has 0 saturated heterocycles. The molecule has 0 spiro atoms. The van der Waals surface area contributed by atoms with E-state index < -0.39 is 0 Å². The minimum atomic E-state index is 0.117. The molecule has 1 aromatic heterocycles. The lowest BCUT2D eigenvalue weighted by Gasteiger charge is -2.38. The zero-order chi connectivity index (χ0) is 10.9. The Balaban J connectivity index is 2.04. The molecule has 1 heterocycles. The van der Waals surface area contributed by atoms with Gasteiger partial charge in [-0.3, -0.25) is 0 Å². The summed E-state index contributed by atoms with van der Waals surface area (Å²) in [5, 5.41) is 10.7. The second-order valence-electron chi connectivity index (χ2n) is 4.88. The van der Waals surface area contributed by atoms with Gasteiger partial charge in [0, 0.05) is 6.04 Å². The molecule has 0 radical (unpaired) electrons. The van der Waals surface area contributed by atoms with Crippen molar-refractivity contribution in [2.24, 2.45) is 5.41 Å². The number of nitrogens with two attached hydrogens (primary N) is 1. The molecule has 0 bridgehead atoms. The van der Waals surface area contributed by atoms with E-state index in [2.05, 4.69) is 29.4 Å². The minimum Gasteiger partial charge on any atom is -0.390 e. The molecule has 3 N–H and O–H groups in total. The smallest absolute Gasteiger partial charge is 0.317 e. The number of nitrogens with zero attached hydrogens (tertiary/aromatic N) is 2. The third-order valence-corrected chi connectivity index (χ3v) is 3.25. The van der Waals surface area contributed by atoms with Crippen LogP contribution in [-0.4, -0.2) is 16.2 Å². The highest BCUT2D eigenvalue weighted by Gasteiger charge is 2.32. The van der Waals surface area contributed by atoms with Crippen LogP contribution in [0.1, 0.15) is 39.5 Å². The van der Waals surface area contributed by atoms with Gasteiger partial charge >= 0.3 is 12.0 Å². The van der Waals surface area contributed by atoms with E-state index in [0.29, 0.717) is 12.1 Å². The summed E-state index contributed by atoms with van der Waals surface area (Å²) in [5.74, 6) is 0. The number of hydrogen-bond acceptors (Lipinski definition) is 5. The van der Waals surface area contributed by atoms with Crippen LogP contribution in [0.2, 0.25) is 0 Å². The maximum atomic E-state index is 5.37. The number of nitrogens with one attached hydrogen (secondary N) is 1. The van der Waals surface area contributed by atoms with Crippen molar-refractivity contribution in [2.75, 3.05) is 11.1 Å². The highest BCUT2D eigenvalue weighted by Crippen LogP contribution is 2.37. The van der Waals surface area contributed by atoms with Crippen molar-refractivity contribution >= 4 is 12.0 Å². The van der Waals surface area contributed by atoms with Crippen LogP contribution in [0.15, 0.2) is 4.42 Å². The third-order valence-electron chi connectivity index (χ3n) is 3.25. The van der Waals surface area contributed by atoms with Crippen molar-refractivity contribution < 1.29 is 4.42 Å². The average Bonchev–Trinajstić information content (AvgIpc) is 2.55. The van der Waals surface area contributed by atoms with E-state index in [-0.39, 0.29) is 11.4 Å². The van der Waals surface area contributed by atoms with Crippen molar-refractivity contribution in [1.29, 1.82) is 0 Å². The van der Waals surface area contributed by atoms with Crippen LogP contribution in [0.5, 0.6) is 0 Å². The summed E-state index contributed by atoms with van der Waals surface area (Å²) in [6, 6.07) is 0.949. The van der Waals surface area contributed by atoms with Crippen molar-refractivity contribution in [1.82, 2.24) is 10.2 Å². The summed E-state index contributed by atoms with van der Waals surface area (Å²) >= 11 is 0. The topological polar surface area (TPSA) is 77.0 Å². The molecule has 5 nitrogen and oxygen atoms in total. The average molecular weight is 210 g/mol. The zero-order valence-corrected chi connectivity index (χ0v) is 9.29. The summed E-state index contributed by atoms with van der Waals surface area (Å²) in [6.45, 7) is 4.53. The maximum absolute atomic E-state index is 5.37. The predicted octanol–water partition coefficient (Wildman–Crippen LogP) is 2.03. The quantitative estimate of drug-likeness (QED) is 0.781.